The summed E-state index contributed by atoms with van der Waals surface area (Å²) in [4.78, 5) is 12.5. The molecule has 0 radical (unpaired) electrons. The van der Waals surface area contributed by atoms with Crippen molar-refractivity contribution in [2.75, 3.05) is 0 Å². The van der Waals surface area contributed by atoms with E-state index in [-0.39, 0.29) is 24.7 Å². The van der Waals surface area contributed by atoms with Crippen LogP contribution in [0.3, 0.4) is 0 Å². The molecule has 1 aliphatic carbocycles. The lowest BCUT2D eigenvalue weighted by Gasteiger charge is -2.28. The van der Waals surface area contributed by atoms with E-state index in [0.29, 0.717) is 23.0 Å². The SMILES string of the molecule is CC(C)n1ncc(Br)c1C(=O)C1CCCC(F)(F)C1. The van der Waals surface area contributed by atoms with E-state index < -0.39 is 11.8 Å². The molecular weight excluding hydrogens is 318 g/mol. The van der Waals surface area contributed by atoms with Crippen LogP contribution in [0.15, 0.2) is 10.7 Å². The zero-order valence-electron chi connectivity index (χ0n) is 11.0. The molecule has 6 heteroatoms. The highest BCUT2D eigenvalue weighted by Crippen LogP contribution is 2.39. The van der Waals surface area contributed by atoms with Gasteiger partial charge in [0.2, 0.25) is 5.92 Å². The molecule has 0 saturated heterocycles. The fraction of sp³-hybridized carbons (Fsp3) is 0.692. The molecule has 19 heavy (non-hydrogen) atoms. The van der Waals surface area contributed by atoms with E-state index >= 15 is 0 Å². The number of aromatic nitrogens is 2. The van der Waals surface area contributed by atoms with E-state index in [2.05, 4.69) is 21.0 Å². The van der Waals surface area contributed by atoms with Crippen molar-refractivity contribution in [1.82, 2.24) is 9.78 Å². The van der Waals surface area contributed by atoms with E-state index in [9.17, 15) is 13.6 Å². The number of rotatable bonds is 3. The summed E-state index contributed by atoms with van der Waals surface area (Å²) in [6.07, 6.45) is 2.03. The molecule has 1 fully saturated rings. The Morgan fingerprint density at radius 3 is 2.84 bits per heavy atom. The molecule has 1 unspecified atom stereocenters. The Balaban J connectivity index is 2.27. The van der Waals surface area contributed by atoms with Gasteiger partial charge in [-0.2, -0.15) is 5.10 Å². The molecule has 1 aromatic heterocycles. The fourth-order valence-electron chi connectivity index (χ4n) is 2.55. The third-order valence-electron chi connectivity index (χ3n) is 3.48. The summed E-state index contributed by atoms with van der Waals surface area (Å²) < 4.78 is 29.0. The molecule has 0 aromatic carbocycles. The van der Waals surface area contributed by atoms with Crippen molar-refractivity contribution in [2.24, 2.45) is 5.92 Å². The lowest BCUT2D eigenvalue weighted by atomic mass is 9.83. The third-order valence-corrected chi connectivity index (χ3v) is 4.06. The van der Waals surface area contributed by atoms with Crippen LogP contribution in [-0.2, 0) is 0 Å². The molecule has 0 spiro atoms. The molecular formula is C13H17BrF2N2O. The van der Waals surface area contributed by atoms with E-state index in [0.717, 1.165) is 0 Å². The van der Waals surface area contributed by atoms with Crippen LogP contribution >= 0.6 is 15.9 Å². The van der Waals surface area contributed by atoms with Crippen LogP contribution in [0, 0.1) is 5.92 Å². The van der Waals surface area contributed by atoms with Crippen molar-refractivity contribution in [2.45, 2.75) is 51.5 Å². The smallest absolute Gasteiger partial charge is 0.248 e. The fourth-order valence-corrected chi connectivity index (χ4v) is 3.02. The van der Waals surface area contributed by atoms with Gasteiger partial charge in [-0.15, -0.1) is 0 Å². The first-order chi connectivity index (χ1) is 8.82. The quantitative estimate of drug-likeness (QED) is 0.775. The number of carbonyl (C=O) groups is 1. The van der Waals surface area contributed by atoms with Crippen LogP contribution in [0.1, 0.15) is 56.1 Å². The van der Waals surface area contributed by atoms with Gasteiger partial charge < -0.3 is 0 Å². The zero-order chi connectivity index (χ0) is 14.2. The second-order valence-corrected chi connectivity index (χ2v) is 6.25. The first-order valence-electron chi connectivity index (χ1n) is 6.47. The summed E-state index contributed by atoms with van der Waals surface area (Å²) in [5.41, 5.74) is 0.415. The van der Waals surface area contributed by atoms with Crippen molar-refractivity contribution < 1.29 is 13.6 Å². The molecule has 1 atom stereocenters. The van der Waals surface area contributed by atoms with E-state index in [1.54, 1.807) is 10.9 Å². The van der Waals surface area contributed by atoms with Crippen LogP contribution in [0.4, 0.5) is 8.78 Å². The van der Waals surface area contributed by atoms with Gasteiger partial charge in [0.1, 0.15) is 5.69 Å². The van der Waals surface area contributed by atoms with Crippen LogP contribution in [0.2, 0.25) is 0 Å². The predicted molar refractivity (Wildman–Crippen MR) is 71.5 cm³/mol. The van der Waals surface area contributed by atoms with Gasteiger partial charge >= 0.3 is 0 Å². The molecule has 106 valence electrons. The topological polar surface area (TPSA) is 34.9 Å². The van der Waals surface area contributed by atoms with Crippen molar-refractivity contribution in [3.8, 4) is 0 Å². The number of halogens is 3. The molecule has 0 amide bonds. The van der Waals surface area contributed by atoms with Crippen LogP contribution in [0.5, 0.6) is 0 Å². The summed E-state index contributed by atoms with van der Waals surface area (Å²) >= 11 is 3.29. The minimum Gasteiger partial charge on any atom is -0.292 e. The Morgan fingerprint density at radius 1 is 1.58 bits per heavy atom. The lowest BCUT2D eigenvalue weighted by molar-refractivity contribution is -0.0479. The minimum atomic E-state index is -2.71. The Labute approximate surface area is 119 Å². The summed E-state index contributed by atoms with van der Waals surface area (Å²) in [5, 5.41) is 4.13. The van der Waals surface area contributed by atoms with Gasteiger partial charge in [-0.3, -0.25) is 9.48 Å². The average molecular weight is 335 g/mol. The molecule has 0 bridgehead atoms. The normalized spacial score (nSPS) is 22.7. The van der Waals surface area contributed by atoms with Gasteiger partial charge in [-0.05, 0) is 42.6 Å². The van der Waals surface area contributed by atoms with Crippen LogP contribution < -0.4 is 0 Å². The van der Waals surface area contributed by atoms with Crippen molar-refractivity contribution in [3.05, 3.63) is 16.4 Å². The summed E-state index contributed by atoms with van der Waals surface area (Å²) in [6, 6.07) is 0.0225. The van der Waals surface area contributed by atoms with Gasteiger partial charge in [-0.1, -0.05) is 0 Å². The zero-order valence-corrected chi connectivity index (χ0v) is 12.6. The maximum absolute atomic E-state index is 13.4. The number of hydrogen-bond donors (Lipinski definition) is 0. The number of ketones is 1. The van der Waals surface area contributed by atoms with Gasteiger partial charge in [-0.25, -0.2) is 8.78 Å². The van der Waals surface area contributed by atoms with Gasteiger partial charge in [0.25, 0.3) is 0 Å². The number of alkyl halides is 2. The second kappa shape index (κ2) is 5.31. The molecule has 2 rings (SSSR count). The molecule has 1 saturated carbocycles. The Kier molecular flexibility index (Phi) is 4.08. The number of nitrogens with zero attached hydrogens (tertiary/aromatic N) is 2. The van der Waals surface area contributed by atoms with Crippen LogP contribution in [0.25, 0.3) is 0 Å². The third kappa shape index (κ3) is 3.04. The maximum atomic E-state index is 13.4. The Hall–Kier alpha value is -0.780. The molecule has 3 nitrogen and oxygen atoms in total. The van der Waals surface area contributed by atoms with E-state index in [1.807, 2.05) is 13.8 Å². The Morgan fingerprint density at radius 2 is 2.26 bits per heavy atom. The molecule has 0 N–H and O–H groups in total. The van der Waals surface area contributed by atoms with Crippen molar-refractivity contribution >= 4 is 21.7 Å². The second-order valence-electron chi connectivity index (χ2n) is 5.39. The summed E-state index contributed by atoms with van der Waals surface area (Å²) in [5.74, 6) is -3.54. The molecule has 1 aromatic rings. The first kappa shape index (κ1) is 14.6. The highest BCUT2D eigenvalue weighted by atomic mass is 79.9. The van der Waals surface area contributed by atoms with E-state index in [1.165, 1.54) is 0 Å². The van der Waals surface area contributed by atoms with Gasteiger partial charge in [0.05, 0.1) is 10.7 Å². The predicted octanol–water partition coefficient (Wildman–Crippen LogP) is 4.23. The van der Waals surface area contributed by atoms with E-state index in [4.69, 9.17) is 0 Å². The largest absolute Gasteiger partial charge is 0.292 e. The van der Waals surface area contributed by atoms with Gasteiger partial charge in [0, 0.05) is 24.8 Å². The lowest BCUT2D eigenvalue weighted by Crippen LogP contribution is -2.32. The number of carbonyl (C=O) groups excluding carboxylic acids is 1. The van der Waals surface area contributed by atoms with Gasteiger partial charge in [0.15, 0.2) is 5.78 Å². The number of Topliss-reactive ketones (excluding diaryl/α,β-unsaturated/α-hetero) is 1. The monoisotopic (exact) mass is 334 g/mol. The maximum Gasteiger partial charge on any atom is 0.248 e. The first-order valence-corrected chi connectivity index (χ1v) is 7.26. The van der Waals surface area contributed by atoms with Crippen molar-refractivity contribution in [1.29, 1.82) is 0 Å². The molecule has 1 heterocycles. The Bertz CT molecular complexity index is 485. The summed E-state index contributed by atoms with van der Waals surface area (Å²) in [6.45, 7) is 3.82. The molecule has 1 aliphatic rings. The standard InChI is InChI=1S/C13H17BrF2N2O/c1-8(2)18-11(10(14)7-17-18)12(19)9-4-3-5-13(15,16)6-9/h7-9H,3-6H2,1-2H3. The summed E-state index contributed by atoms with van der Waals surface area (Å²) in [7, 11) is 0. The number of hydrogen-bond acceptors (Lipinski definition) is 2. The highest BCUT2D eigenvalue weighted by molar-refractivity contribution is 9.10. The minimum absolute atomic E-state index is 0.0225. The van der Waals surface area contributed by atoms with Crippen LogP contribution in [-0.4, -0.2) is 21.5 Å². The van der Waals surface area contributed by atoms with Crippen molar-refractivity contribution in [3.63, 3.8) is 0 Å². The molecule has 0 aliphatic heterocycles. The highest BCUT2D eigenvalue weighted by Gasteiger charge is 2.40. The average Bonchev–Trinajstić information content (AvgIpc) is 2.69.